The molecule has 0 unspecified atom stereocenters. The minimum atomic E-state index is -1.29. The molecule has 0 saturated carbocycles. The summed E-state index contributed by atoms with van der Waals surface area (Å²) in [5.74, 6) is -2.00. The lowest BCUT2D eigenvalue weighted by molar-refractivity contribution is -0.126. The van der Waals surface area contributed by atoms with Gasteiger partial charge in [-0.15, -0.1) is 0 Å². The fourth-order valence-corrected chi connectivity index (χ4v) is 3.88. The maximum atomic E-state index is 12.6. The van der Waals surface area contributed by atoms with Gasteiger partial charge in [0.2, 0.25) is 5.91 Å². The summed E-state index contributed by atoms with van der Waals surface area (Å²) < 4.78 is 5.35. The third-order valence-corrected chi connectivity index (χ3v) is 5.48. The molecule has 30 heavy (non-hydrogen) atoms. The van der Waals surface area contributed by atoms with Crippen LogP contribution in [0.25, 0.3) is 6.08 Å². The summed E-state index contributed by atoms with van der Waals surface area (Å²) in [4.78, 5) is 37.5. The van der Waals surface area contributed by atoms with E-state index in [1.54, 1.807) is 37.5 Å². The van der Waals surface area contributed by atoms with Gasteiger partial charge >= 0.3 is 5.97 Å². The molecule has 8 nitrogen and oxygen atoms in total. The van der Waals surface area contributed by atoms with Crippen LogP contribution in [0.15, 0.2) is 47.4 Å². The number of methoxy groups -OCH3 is 1. The van der Waals surface area contributed by atoms with E-state index in [2.05, 4.69) is 5.32 Å². The number of carboxylic acids is 1. The second-order valence-corrected chi connectivity index (χ2v) is 7.80. The zero-order valence-corrected chi connectivity index (χ0v) is 17.3. The number of anilines is 1. The van der Waals surface area contributed by atoms with E-state index in [0.717, 1.165) is 23.4 Å². The van der Waals surface area contributed by atoms with Gasteiger partial charge in [-0.3, -0.25) is 14.5 Å². The molecule has 3 rings (SSSR count). The van der Waals surface area contributed by atoms with Crippen LogP contribution in [-0.4, -0.2) is 50.9 Å². The van der Waals surface area contributed by atoms with E-state index in [-0.39, 0.29) is 28.0 Å². The quantitative estimate of drug-likeness (QED) is 0.460. The normalized spacial score (nSPS) is 14.8. The van der Waals surface area contributed by atoms with Crippen molar-refractivity contribution in [1.82, 2.24) is 4.90 Å². The van der Waals surface area contributed by atoms with Gasteiger partial charge in [-0.25, -0.2) is 4.79 Å². The van der Waals surface area contributed by atoms with Crippen molar-refractivity contribution in [2.24, 2.45) is 0 Å². The molecule has 1 saturated heterocycles. The SMILES string of the molecule is COc1ccc(C=C2SC(=S)N(CC(=O)Nc3ccc(C(=O)O)c(O)c3)C2=O)cc1. The molecular formula is C20H16N2O6S2. The summed E-state index contributed by atoms with van der Waals surface area (Å²) >= 11 is 6.32. The zero-order valence-electron chi connectivity index (χ0n) is 15.6. The van der Waals surface area contributed by atoms with Crippen molar-refractivity contribution < 1.29 is 29.3 Å². The Morgan fingerprint density at radius 3 is 2.53 bits per heavy atom. The van der Waals surface area contributed by atoms with Crippen molar-refractivity contribution in [3.05, 3.63) is 58.5 Å². The van der Waals surface area contributed by atoms with E-state index >= 15 is 0 Å². The average Bonchev–Trinajstić information content (AvgIpc) is 2.95. The topological polar surface area (TPSA) is 116 Å². The Kier molecular flexibility index (Phi) is 6.38. The molecule has 10 heteroatoms. The molecule has 0 aliphatic carbocycles. The predicted octanol–water partition coefficient (Wildman–Crippen LogP) is 2.94. The number of carbonyl (C=O) groups is 3. The molecule has 154 valence electrons. The minimum Gasteiger partial charge on any atom is -0.507 e. The number of nitrogens with zero attached hydrogens (tertiary/aromatic N) is 1. The van der Waals surface area contributed by atoms with Gasteiger partial charge in [0.15, 0.2) is 0 Å². The van der Waals surface area contributed by atoms with Crippen LogP contribution < -0.4 is 10.1 Å². The van der Waals surface area contributed by atoms with Crippen LogP contribution in [0.2, 0.25) is 0 Å². The van der Waals surface area contributed by atoms with Crippen molar-refractivity contribution >= 4 is 57.8 Å². The Hall–Kier alpha value is -3.37. The van der Waals surface area contributed by atoms with Crippen LogP contribution in [0.5, 0.6) is 11.5 Å². The van der Waals surface area contributed by atoms with Crippen LogP contribution in [0.1, 0.15) is 15.9 Å². The molecule has 3 N–H and O–H groups in total. The number of amides is 2. The van der Waals surface area contributed by atoms with Gasteiger partial charge in [0.05, 0.1) is 12.0 Å². The second kappa shape index (κ2) is 8.97. The van der Waals surface area contributed by atoms with E-state index in [4.69, 9.17) is 22.1 Å². The first-order chi connectivity index (χ1) is 14.3. The fourth-order valence-electron chi connectivity index (χ4n) is 2.62. The van der Waals surface area contributed by atoms with Gasteiger partial charge in [-0.2, -0.15) is 0 Å². The predicted molar refractivity (Wildman–Crippen MR) is 117 cm³/mol. The standard InChI is InChI=1S/C20H16N2O6S2/c1-28-13-5-2-11(3-6-13)8-16-18(25)22(20(29)30-16)10-17(24)21-12-4-7-14(19(26)27)15(23)9-12/h2-9,23H,10H2,1H3,(H,21,24)(H,26,27). The van der Waals surface area contributed by atoms with E-state index in [9.17, 15) is 19.5 Å². The van der Waals surface area contributed by atoms with E-state index in [1.807, 2.05) is 0 Å². The molecule has 2 aromatic rings. The number of phenols is 1. The van der Waals surface area contributed by atoms with Crippen molar-refractivity contribution in [3.8, 4) is 11.5 Å². The lowest BCUT2D eigenvalue weighted by atomic mass is 10.2. The Balaban J connectivity index is 1.67. The molecule has 0 atom stereocenters. The average molecular weight is 444 g/mol. The number of thioether (sulfide) groups is 1. The summed E-state index contributed by atoms with van der Waals surface area (Å²) in [6.07, 6.45) is 1.68. The number of carbonyl (C=O) groups excluding carboxylic acids is 2. The van der Waals surface area contributed by atoms with Crippen molar-refractivity contribution in [3.63, 3.8) is 0 Å². The third kappa shape index (κ3) is 4.78. The van der Waals surface area contributed by atoms with E-state index < -0.39 is 17.6 Å². The molecule has 0 aromatic heterocycles. The number of rotatable bonds is 6. The largest absolute Gasteiger partial charge is 0.507 e. The number of aromatic hydroxyl groups is 1. The molecule has 0 radical (unpaired) electrons. The highest BCUT2D eigenvalue weighted by Gasteiger charge is 2.33. The van der Waals surface area contributed by atoms with Gasteiger partial charge in [0.1, 0.15) is 27.9 Å². The Morgan fingerprint density at radius 2 is 1.93 bits per heavy atom. The lowest BCUT2D eigenvalue weighted by Gasteiger charge is -2.14. The number of hydrogen-bond acceptors (Lipinski definition) is 7. The van der Waals surface area contributed by atoms with Crippen molar-refractivity contribution in [2.75, 3.05) is 19.0 Å². The van der Waals surface area contributed by atoms with Crippen molar-refractivity contribution in [2.45, 2.75) is 0 Å². The molecule has 0 bridgehead atoms. The first-order valence-corrected chi connectivity index (χ1v) is 9.76. The van der Waals surface area contributed by atoms with E-state index in [0.29, 0.717) is 10.7 Å². The van der Waals surface area contributed by atoms with Gasteiger partial charge in [-0.1, -0.05) is 36.1 Å². The first kappa shape index (κ1) is 21.3. The maximum Gasteiger partial charge on any atom is 0.339 e. The van der Waals surface area contributed by atoms with Crippen LogP contribution in [0.3, 0.4) is 0 Å². The number of aromatic carboxylic acids is 1. The third-order valence-electron chi connectivity index (χ3n) is 4.10. The first-order valence-electron chi connectivity index (χ1n) is 8.54. The number of ether oxygens (including phenoxy) is 1. The molecule has 2 amide bonds. The highest BCUT2D eigenvalue weighted by atomic mass is 32.2. The van der Waals surface area contributed by atoms with Crippen molar-refractivity contribution in [1.29, 1.82) is 0 Å². The molecule has 0 spiro atoms. The minimum absolute atomic E-state index is 0.196. The smallest absolute Gasteiger partial charge is 0.339 e. The van der Waals surface area contributed by atoms with Crippen LogP contribution in [0, 0.1) is 0 Å². The van der Waals surface area contributed by atoms with Gasteiger partial charge < -0.3 is 20.3 Å². The van der Waals surface area contributed by atoms with Crippen LogP contribution in [-0.2, 0) is 9.59 Å². The van der Waals surface area contributed by atoms with Gasteiger partial charge in [0.25, 0.3) is 5.91 Å². The van der Waals surface area contributed by atoms with E-state index in [1.165, 1.54) is 17.0 Å². The number of hydrogen-bond donors (Lipinski definition) is 3. The highest BCUT2D eigenvalue weighted by Crippen LogP contribution is 2.32. The number of benzene rings is 2. The maximum absolute atomic E-state index is 12.6. The Bertz CT molecular complexity index is 1070. The molecule has 1 aliphatic rings. The summed E-state index contributed by atoms with van der Waals surface area (Å²) in [7, 11) is 1.56. The van der Waals surface area contributed by atoms with Gasteiger partial charge in [-0.05, 0) is 35.9 Å². The number of nitrogens with one attached hydrogen (secondary N) is 1. The zero-order chi connectivity index (χ0) is 21.8. The molecule has 2 aromatic carbocycles. The molecule has 1 fully saturated rings. The van der Waals surface area contributed by atoms with Crippen LogP contribution >= 0.6 is 24.0 Å². The summed E-state index contributed by atoms with van der Waals surface area (Å²) in [5.41, 5.74) is 0.699. The Labute approximate surface area is 181 Å². The summed E-state index contributed by atoms with van der Waals surface area (Å²) in [5, 5.41) is 21.1. The molecule has 1 aliphatic heterocycles. The molecular weight excluding hydrogens is 428 g/mol. The summed E-state index contributed by atoms with van der Waals surface area (Å²) in [6, 6.07) is 10.8. The number of carboxylic acid groups (broad SMARTS) is 1. The highest BCUT2D eigenvalue weighted by molar-refractivity contribution is 8.26. The Morgan fingerprint density at radius 1 is 1.23 bits per heavy atom. The lowest BCUT2D eigenvalue weighted by Crippen LogP contribution is -2.36. The number of thiocarbonyl (C=S) groups is 1. The summed E-state index contributed by atoms with van der Waals surface area (Å²) in [6.45, 7) is -0.313. The molecule has 1 heterocycles. The van der Waals surface area contributed by atoms with Gasteiger partial charge in [0, 0.05) is 11.8 Å². The fraction of sp³-hybridized carbons (Fsp3) is 0.100. The monoisotopic (exact) mass is 444 g/mol. The van der Waals surface area contributed by atoms with Crippen LogP contribution in [0.4, 0.5) is 5.69 Å². The second-order valence-electron chi connectivity index (χ2n) is 6.13.